The van der Waals surface area contributed by atoms with E-state index in [1.165, 1.54) is 0 Å². The molecule has 0 aliphatic heterocycles. The van der Waals surface area contributed by atoms with Crippen molar-refractivity contribution in [3.8, 4) is 11.3 Å². The molecule has 0 bridgehead atoms. The summed E-state index contributed by atoms with van der Waals surface area (Å²) in [5.74, 6) is 0.0900. The maximum atomic E-state index is 12.4. The number of nitrogens with one attached hydrogen (secondary N) is 1. The molecule has 0 aliphatic rings. The SMILES string of the molecule is NCc1ccc(C(=O)Nc2nc(-c3ccccc3)ccc2N)cc1. The predicted octanol–water partition coefficient (Wildman–Crippen LogP) is 3.04. The molecule has 0 saturated heterocycles. The van der Waals surface area contributed by atoms with Crippen molar-refractivity contribution in [2.24, 2.45) is 5.73 Å². The fraction of sp³-hybridized carbons (Fsp3) is 0.0526. The van der Waals surface area contributed by atoms with E-state index in [2.05, 4.69) is 10.3 Å². The summed E-state index contributed by atoms with van der Waals surface area (Å²) in [6.45, 7) is 0.440. The molecule has 0 fully saturated rings. The Morgan fingerprint density at radius 2 is 1.67 bits per heavy atom. The van der Waals surface area contributed by atoms with E-state index < -0.39 is 0 Å². The zero-order valence-corrected chi connectivity index (χ0v) is 13.1. The predicted molar refractivity (Wildman–Crippen MR) is 96.4 cm³/mol. The Bertz CT molecular complexity index is 845. The second-order valence-corrected chi connectivity index (χ2v) is 5.36. The number of carbonyl (C=O) groups is 1. The Morgan fingerprint density at radius 1 is 0.958 bits per heavy atom. The van der Waals surface area contributed by atoms with Crippen molar-refractivity contribution < 1.29 is 4.79 Å². The van der Waals surface area contributed by atoms with Gasteiger partial charge in [-0.05, 0) is 29.8 Å². The molecule has 5 N–H and O–H groups in total. The Hall–Kier alpha value is -3.18. The molecular weight excluding hydrogens is 300 g/mol. The van der Waals surface area contributed by atoms with Gasteiger partial charge in [-0.25, -0.2) is 4.98 Å². The van der Waals surface area contributed by atoms with Gasteiger partial charge in [-0.3, -0.25) is 4.79 Å². The average molecular weight is 318 g/mol. The molecule has 0 unspecified atom stereocenters. The lowest BCUT2D eigenvalue weighted by Crippen LogP contribution is -2.14. The summed E-state index contributed by atoms with van der Waals surface area (Å²) in [4.78, 5) is 16.8. The Labute approximate surface area is 140 Å². The summed E-state index contributed by atoms with van der Waals surface area (Å²) in [7, 11) is 0. The number of hydrogen-bond acceptors (Lipinski definition) is 4. The summed E-state index contributed by atoms with van der Waals surface area (Å²) in [6.07, 6.45) is 0. The molecule has 0 atom stereocenters. The van der Waals surface area contributed by atoms with Crippen LogP contribution in [0.5, 0.6) is 0 Å². The molecule has 5 heteroatoms. The highest BCUT2D eigenvalue weighted by molar-refractivity contribution is 6.05. The zero-order valence-electron chi connectivity index (χ0n) is 13.1. The van der Waals surface area contributed by atoms with E-state index in [-0.39, 0.29) is 5.91 Å². The lowest BCUT2D eigenvalue weighted by atomic mass is 10.1. The van der Waals surface area contributed by atoms with E-state index in [0.717, 1.165) is 16.8 Å². The fourth-order valence-electron chi connectivity index (χ4n) is 2.31. The van der Waals surface area contributed by atoms with E-state index >= 15 is 0 Å². The molecule has 120 valence electrons. The first-order chi connectivity index (χ1) is 11.7. The van der Waals surface area contributed by atoms with E-state index in [4.69, 9.17) is 11.5 Å². The number of amides is 1. The van der Waals surface area contributed by atoms with Gasteiger partial charge in [-0.15, -0.1) is 0 Å². The molecule has 0 spiro atoms. The quantitative estimate of drug-likeness (QED) is 0.689. The van der Waals surface area contributed by atoms with Crippen LogP contribution in [-0.4, -0.2) is 10.9 Å². The Morgan fingerprint density at radius 3 is 2.33 bits per heavy atom. The van der Waals surface area contributed by atoms with Crippen LogP contribution in [0.1, 0.15) is 15.9 Å². The van der Waals surface area contributed by atoms with Crippen molar-refractivity contribution in [1.82, 2.24) is 4.98 Å². The summed E-state index contributed by atoms with van der Waals surface area (Å²) < 4.78 is 0. The standard InChI is InChI=1S/C19H18N4O/c20-12-13-6-8-15(9-7-13)19(24)23-18-16(21)10-11-17(22-18)14-4-2-1-3-5-14/h1-11H,12,20-21H2,(H,22,23,24). The van der Waals surface area contributed by atoms with Crippen LogP contribution in [0, 0.1) is 0 Å². The molecule has 1 heterocycles. The molecule has 3 aromatic rings. The highest BCUT2D eigenvalue weighted by Crippen LogP contribution is 2.23. The maximum absolute atomic E-state index is 12.4. The summed E-state index contributed by atoms with van der Waals surface area (Å²) in [6, 6.07) is 20.4. The fourth-order valence-corrected chi connectivity index (χ4v) is 2.31. The molecule has 1 aromatic heterocycles. The molecule has 5 nitrogen and oxygen atoms in total. The number of pyridine rings is 1. The minimum absolute atomic E-state index is 0.261. The highest BCUT2D eigenvalue weighted by atomic mass is 16.1. The zero-order chi connectivity index (χ0) is 16.9. The number of nitrogens with zero attached hydrogens (tertiary/aromatic N) is 1. The second kappa shape index (κ2) is 6.93. The third kappa shape index (κ3) is 3.42. The number of rotatable bonds is 4. The monoisotopic (exact) mass is 318 g/mol. The minimum atomic E-state index is -0.261. The number of anilines is 2. The third-order valence-corrected chi connectivity index (χ3v) is 3.68. The van der Waals surface area contributed by atoms with Crippen molar-refractivity contribution in [1.29, 1.82) is 0 Å². The van der Waals surface area contributed by atoms with Crippen LogP contribution in [0.4, 0.5) is 11.5 Å². The molecule has 0 aliphatic carbocycles. The van der Waals surface area contributed by atoms with Gasteiger partial charge in [0.25, 0.3) is 5.91 Å². The first-order valence-electron chi connectivity index (χ1n) is 7.59. The van der Waals surface area contributed by atoms with Gasteiger partial charge < -0.3 is 16.8 Å². The van der Waals surface area contributed by atoms with Crippen molar-refractivity contribution in [3.05, 3.63) is 77.9 Å². The van der Waals surface area contributed by atoms with E-state index in [0.29, 0.717) is 23.6 Å². The van der Waals surface area contributed by atoms with Crippen molar-refractivity contribution in [2.45, 2.75) is 6.54 Å². The van der Waals surface area contributed by atoms with E-state index in [1.54, 1.807) is 18.2 Å². The first-order valence-corrected chi connectivity index (χ1v) is 7.59. The van der Waals surface area contributed by atoms with Gasteiger partial charge in [-0.2, -0.15) is 0 Å². The molecule has 0 saturated carbocycles. The number of hydrogen-bond donors (Lipinski definition) is 3. The van der Waals surface area contributed by atoms with Crippen molar-refractivity contribution in [3.63, 3.8) is 0 Å². The summed E-state index contributed by atoms with van der Waals surface area (Å²) in [5, 5.41) is 2.77. The van der Waals surface area contributed by atoms with Crippen molar-refractivity contribution in [2.75, 3.05) is 11.1 Å². The first kappa shape index (κ1) is 15.7. The number of benzene rings is 2. The van der Waals surface area contributed by atoms with Crippen LogP contribution < -0.4 is 16.8 Å². The lowest BCUT2D eigenvalue weighted by Gasteiger charge is -2.10. The van der Waals surface area contributed by atoms with Crippen LogP contribution in [0.3, 0.4) is 0 Å². The molecule has 3 rings (SSSR count). The largest absolute Gasteiger partial charge is 0.396 e. The third-order valence-electron chi connectivity index (χ3n) is 3.68. The van der Waals surface area contributed by atoms with Gasteiger partial charge in [0.2, 0.25) is 0 Å². The number of nitrogen functional groups attached to an aromatic ring is 1. The van der Waals surface area contributed by atoms with Gasteiger partial charge in [0, 0.05) is 17.7 Å². The molecule has 1 amide bonds. The van der Waals surface area contributed by atoms with Crippen molar-refractivity contribution >= 4 is 17.4 Å². The Kier molecular flexibility index (Phi) is 4.54. The molecule has 24 heavy (non-hydrogen) atoms. The highest BCUT2D eigenvalue weighted by Gasteiger charge is 2.10. The van der Waals surface area contributed by atoms with Gasteiger partial charge >= 0.3 is 0 Å². The topological polar surface area (TPSA) is 94.0 Å². The van der Waals surface area contributed by atoms with E-state index in [1.807, 2.05) is 48.5 Å². The van der Waals surface area contributed by atoms with Crippen LogP contribution in [0.15, 0.2) is 66.7 Å². The number of carbonyl (C=O) groups excluding carboxylic acids is 1. The van der Waals surface area contributed by atoms with Crippen LogP contribution in [0.25, 0.3) is 11.3 Å². The van der Waals surface area contributed by atoms with Gasteiger partial charge in [0.05, 0.1) is 11.4 Å². The van der Waals surface area contributed by atoms with Crippen LogP contribution >= 0.6 is 0 Å². The normalized spacial score (nSPS) is 10.4. The lowest BCUT2D eigenvalue weighted by molar-refractivity contribution is 0.102. The minimum Gasteiger partial charge on any atom is -0.396 e. The second-order valence-electron chi connectivity index (χ2n) is 5.36. The van der Waals surface area contributed by atoms with Gasteiger partial charge in [0.15, 0.2) is 5.82 Å². The number of aromatic nitrogens is 1. The molecular formula is C19H18N4O. The molecule has 2 aromatic carbocycles. The summed E-state index contributed by atoms with van der Waals surface area (Å²) >= 11 is 0. The summed E-state index contributed by atoms with van der Waals surface area (Å²) in [5.41, 5.74) is 15.1. The average Bonchev–Trinajstić information content (AvgIpc) is 2.64. The van der Waals surface area contributed by atoms with Crippen LogP contribution in [0.2, 0.25) is 0 Å². The Balaban J connectivity index is 1.85. The van der Waals surface area contributed by atoms with Gasteiger partial charge in [0.1, 0.15) is 0 Å². The smallest absolute Gasteiger partial charge is 0.256 e. The van der Waals surface area contributed by atoms with E-state index in [9.17, 15) is 4.79 Å². The molecule has 0 radical (unpaired) electrons. The van der Waals surface area contributed by atoms with Gasteiger partial charge in [-0.1, -0.05) is 42.5 Å². The number of nitrogens with two attached hydrogens (primary N) is 2. The van der Waals surface area contributed by atoms with Crippen LogP contribution in [-0.2, 0) is 6.54 Å². The maximum Gasteiger partial charge on any atom is 0.256 e.